The van der Waals surface area contributed by atoms with Gasteiger partial charge in [0.2, 0.25) is 5.91 Å². The van der Waals surface area contributed by atoms with Gasteiger partial charge in [-0.1, -0.05) is 0 Å². The Morgan fingerprint density at radius 3 is 2.73 bits per heavy atom. The maximum atomic E-state index is 12.7. The number of carboxylic acids is 1. The molecule has 2 bridgehead atoms. The Morgan fingerprint density at radius 1 is 1.38 bits per heavy atom. The lowest BCUT2D eigenvalue weighted by Crippen LogP contribution is -2.47. The zero-order valence-corrected chi connectivity index (χ0v) is 15.4. The van der Waals surface area contributed by atoms with Gasteiger partial charge in [-0.15, -0.1) is 11.3 Å². The summed E-state index contributed by atoms with van der Waals surface area (Å²) in [5, 5.41) is 18.8. The van der Waals surface area contributed by atoms with Crippen LogP contribution in [0.15, 0.2) is 5.38 Å². The number of aromatic nitrogens is 1. The fourth-order valence-corrected chi connectivity index (χ4v) is 3.92. The van der Waals surface area contributed by atoms with E-state index in [-0.39, 0.29) is 30.9 Å². The zero-order valence-electron chi connectivity index (χ0n) is 14.5. The van der Waals surface area contributed by atoms with Crippen LogP contribution in [-0.2, 0) is 25.5 Å². The highest BCUT2D eigenvalue weighted by Gasteiger charge is 2.36. The van der Waals surface area contributed by atoms with Gasteiger partial charge in [0.1, 0.15) is 0 Å². The van der Waals surface area contributed by atoms with Crippen molar-refractivity contribution in [1.82, 2.24) is 14.8 Å². The molecule has 2 fully saturated rings. The number of carboxylic acid groups (broad SMARTS) is 2. The van der Waals surface area contributed by atoms with Crippen LogP contribution in [0.1, 0.15) is 10.7 Å². The number of ether oxygens (including phenoxy) is 1. The van der Waals surface area contributed by atoms with Crippen molar-refractivity contribution in [1.29, 1.82) is 0 Å². The van der Waals surface area contributed by atoms with Crippen LogP contribution < -0.4 is 0 Å². The monoisotopic (exact) mass is 385 g/mol. The lowest BCUT2D eigenvalue weighted by atomic mass is 10.1. The Balaban J connectivity index is 0.000000758. The van der Waals surface area contributed by atoms with Crippen LogP contribution in [0.2, 0.25) is 0 Å². The highest BCUT2D eigenvalue weighted by atomic mass is 32.1. The van der Waals surface area contributed by atoms with E-state index in [2.05, 4.69) is 4.98 Å². The largest absolute Gasteiger partial charge is 0.483 e. The van der Waals surface area contributed by atoms with E-state index in [0.29, 0.717) is 39.3 Å². The Bertz CT molecular complexity index is 637. The molecule has 9 nitrogen and oxygen atoms in total. The van der Waals surface area contributed by atoms with Gasteiger partial charge in [-0.05, 0) is 6.92 Å². The Labute approximate surface area is 155 Å². The lowest BCUT2D eigenvalue weighted by molar-refractivity contribution is -0.138. The topological polar surface area (TPSA) is 120 Å². The average molecular weight is 385 g/mol. The summed E-state index contributed by atoms with van der Waals surface area (Å²) in [5.41, 5.74) is 0.805. The van der Waals surface area contributed by atoms with Crippen LogP contribution in [0.3, 0.4) is 0 Å². The molecule has 0 aliphatic carbocycles. The van der Waals surface area contributed by atoms with Crippen molar-refractivity contribution in [2.75, 3.05) is 39.4 Å². The molecule has 2 saturated heterocycles. The van der Waals surface area contributed by atoms with E-state index in [0.717, 1.165) is 10.7 Å². The van der Waals surface area contributed by atoms with E-state index in [1.165, 1.54) is 0 Å². The summed E-state index contributed by atoms with van der Waals surface area (Å²) < 4.78 is 5.67. The standard InChI is InChI=1S/C15H21N3O4S.CH2O2/c1-10-16-12(9-23-10)2-14(19)18-4-11-3-17(6-15(20)21)5-13(18)8-22-7-11;2-1-3/h9,11,13H,2-8H2,1H3,(H,20,21);1H,(H,2,3)/t11-,13-;/m0./s1. The molecule has 144 valence electrons. The summed E-state index contributed by atoms with van der Waals surface area (Å²) in [6.45, 7) is 4.56. The summed E-state index contributed by atoms with van der Waals surface area (Å²) in [7, 11) is 0. The minimum Gasteiger partial charge on any atom is -0.483 e. The normalized spacial score (nSPS) is 22.7. The molecule has 0 unspecified atom stereocenters. The highest BCUT2D eigenvalue weighted by molar-refractivity contribution is 7.09. The van der Waals surface area contributed by atoms with Gasteiger partial charge in [0.15, 0.2) is 0 Å². The second-order valence-electron chi connectivity index (χ2n) is 6.33. The van der Waals surface area contributed by atoms with E-state index < -0.39 is 5.97 Å². The first-order valence-electron chi connectivity index (χ1n) is 8.23. The third-order valence-corrected chi connectivity index (χ3v) is 5.05. The van der Waals surface area contributed by atoms with Crippen LogP contribution in [0.25, 0.3) is 0 Å². The summed E-state index contributed by atoms with van der Waals surface area (Å²) in [6.07, 6.45) is 0.298. The zero-order chi connectivity index (χ0) is 19.1. The first-order chi connectivity index (χ1) is 12.4. The molecule has 1 aromatic heterocycles. The minimum absolute atomic E-state index is 0.0142. The maximum Gasteiger partial charge on any atom is 0.317 e. The highest BCUT2D eigenvalue weighted by Crippen LogP contribution is 2.21. The van der Waals surface area contributed by atoms with Crippen molar-refractivity contribution in [3.63, 3.8) is 0 Å². The number of fused-ring (bicyclic) bond motifs is 3. The van der Waals surface area contributed by atoms with Gasteiger partial charge < -0.3 is 19.8 Å². The number of carbonyl (C=O) groups excluding carboxylic acids is 1. The molecule has 2 aliphatic rings. The fraction of sp³-hybridized carbons (Fsp3) is 0.625. The number of nitrogens with zero attached hydrogens (tertiary/aromatic N) is 3. The number of thiazole rings is 1. The Hall–Kier alpha value is -2.04. The van der Waals surface area contributed by atoms with Crippen molar-refractivity contribution in [3.05, 3.63) is 16.1 Å². The van der Waals surface area contributed by atoms with Gasteiger partial charge in [-0.3, -0.25) is 19.3 Å². The van der Waals surface area contributed by atoms with E-state index in [1.54, 1.807) is 11.3 Å². The molecule has 3 heterocycles. The van der Waals surface area contributed by atoms with Crippen molar-refractivity contribution < 1.29 is 29.3 Å². The predicted molar refractivity (Wildman–Crippen MR) is 93.1 cm³/mol. The van der Waals surface area contributed by atoms with Gasteiger partial charge in [-0.2, -0.15) is 0 Å². The molecule has 10 heteroatoms. The molecule has 26 heavy (non-hydrogen) atoms. The second-order valence-corrected chi connectivity index (χ2v) is 7.39. The molecule has 0 spiro atoms. The number of carbonyl (C=O) groups is 3. The quantitative estimate of drug-likeness (QED) is 0.692. The Morgan fingerprint density at radius 2 is 2.12 bits per heavy atom. The third-order valence-electron chi connectivity index (χ3n) is 4.22. The van der Waals surface area contributed by atoms with E-state index in [1.807, 2.05) is 22.1 Å². The predicted octanol–water partition coefficient (Wildman–Crippen LogP) is -0.0614. The number of hydrogen-bond donors (Lipinski definition) is 2. The van der Waals surface area contributed by atoms with Gasteiger partial charge in [0.25, 0.3) is 6.47 Å². The SMILES string of the molecule is Cc1nc(CC(=O)N2C[C@H]3COC[C@@H]2CN(CC(=O)O)C3)cs1.O=CO. The molecule has 1 aromatic rings. The molecule has 0 radical (unpaired) electrons. The molecule has 3 rings (SSSR count). The van der Waals surface area contributed by atoms with Crippen LogP contribution in [-0.4, -0.2) is 88.8 Å². The van der Waals surface area contributed by atoms with Crippen LogP contribution >= 0.6 is 11.3 Å². The summed E-state index contributed by atoms with van der Waals surface area (Å²) in [4.78, 5) is 40.2. The van der Waals surface area contributed by atoms with Crippen molar-refractivity contribution in [3.8, 4) is 0 Å². The minimum atomic E-state index is -0.832. The number of hydrogen-bond acceptors (Lipinski definition) is 7. The summed E-state index contributed by atoms with van der Waals surface area (Å²) in [5.74, 6) is -0.627. The lowest BCUT2D eigenvalue weighted by Gasteiger charge is -2.30. The van der Waals surface area contributed by atoms with Crippen molar-refractivity contribution in [2.24, 2.45) is 5.92 Å². The number of amides is 1. The maximum absolute atomic E-state index is 12.7. The molecular formula is C16H23N3O6S. The van der Waals surface area contributed by atoms with E-state index in [9.17, 15) is 9.59 Å². The number of aliphatic carboxylic acids is 1. The van der Waals surface area contributed by atoms with E-state index in [4.69, 9.17) is 19.7 Å². The first kappa shape index (κ1) is 20.3. The molecule has 2 atom stereocenters. The average Bonchev–Trinajstić information content (AvgIpc) is 2.76. The molecular weight excluding hydrogens is 362 g/mol. The van der Waals surface area contributed by atoms with Crippen LogP contribution in [0.5, 0.6) is 0 Å². The summed E-state index contributed by atoms with van der Waals surface area (Å²) in [6, 6.07) is -0.0888. The first-order valence-corrected chi connectivity index (χ1v) is 9.11. The van der Waals surface area contributed by atoms with Crippen LogP contribution in [0.4, 0.5) is 0 Å². The van der Waals surface area contributed by atoms with Gasteiger partial charge in [0.05, 0.1) is 42.9 Å². The molecule has 1 amide bonds. The van der Waals surface area contributed by atoms with Crippen LogP contribution in [0, 0.1) is 12.8 Å². The second kappa shape index (κ2) is 9.60. The number of aryl methyl sites for hydroxylation is 1. The van der Waals surface area contributed by atoms with Gasteiger partial charge >= 0.3 is 5.97 Å². The van der Waals surface area contributed by atoms with E-state index >= 15 is 0 Å². The fourth-order valence-electron chi connectivity index (χ4n) is 3.31. The van der Waals surface area contributed by atoms with Gasteiger partial charge in [-0.25, -0.2) is 4.98 Å². The number of rotatable bonds is 4. The van der Waals surface area contributed by atoms with Crippen molar-refractivity contribution in [2.45, 2.75) is 19.4 Å². The summed E-state index contributed by atoms with van der Waals surface area (Å²) >= 11 is 1.54. The smallest absolute Gasteiger partial charge is 0.317 e. The Kier molecular flexibility index (Phi) is 7.49. The third kappa shape index (κ3) is 5.75. The van der Waals surface area contributed by atoms with Gasteiger partial charge in [0, 0.05) is 30.9 Å². The molecule has 0 saturated carbocycles. The molecule has 0 aromatic carbocycles. The molecule has 2 N–H and O–H groups in total. The van der Waals surface area contributed by atoms with Crippen molar-refractivity contribution >= 4 is 29.7 Å². The molecule has 2 aliphatic heterocycles.